The number of aryl methyl sites for hydroxylation is 1. The van der Waals surface area contributed by atoms with Crippen LogP contribution in [-0.4, -0.2) is 11.6 Å². The van der Waals surface area contributed by atoms with E-state index in [9.17, 15) is 9.59 Å². The van der Waals surface area contributed by atoms with Crippen molar-refractivity contribution in [3.63, 3.8) is 0 Å². The molecule has 1 aliphatic rings. The minimum Gasteiger partial charge on any atom is -0.289 e. The van der Waals surface area contributed by atoms with Crippen LogP contribution in [0.1, 0.15) is 37.4 Å². The number of carbonyl (C=O) groups excluding carboxylic acids is 2. The Bertz CT molecular complexity index is 640. The number of carbonyl (C=O) groups is 2. The summed E-state index contributed by atoms with van der Waals surface area (Å²) in [7, 11) is 0. The molecule has 0 fully saturated rings. The van der Waals surface area contributed by atoms with Crippen molar-refractivity contribution >= 4 is 23.2 Å². The molecule has 0 radical (unpaired) electrons. The van der Waals surface area contributed by atoms with Crippen molar-refractivity contribution in [3.8, 4) is 0 Å². The Morgan fingerprint density at radius 2 is 1.33 bits per heavy atom. The van der Waals surface area contributed by atoms with Crippen LogP contribution in [0.4, 0.5) is 0 Å². The smallest absolute Gasteiger partial charge is 0.194 e. The molecule has 0 N–H and O–H groups in total. The Hall–Kier alpha value is -1.93. The predicted molar refractivity (Wildman–Crippen MR) is 69.5 cm³/mol. The zero-order valence-corrected chi connectivity index (χ0v) is 10.4. The molecule has 88 valence electrons. The molecule has 0 aromatic heterocycles. The van der Waals surface area contributed by atoms with Crippen molar-refractivity contribution in [3.05, 3.63) is 69.2 Å². The van der Waals surface area contributed by atoms with Gasteiger partial charge < -0.3 is 0 Å². The van der Waals surface area contributed by atoms with Crippen LogP contribution in [0.15, 0.2) is 36.4 Å². The van der Waals surface area contributed by atoms with Crippen LogP contribution in [0.25, 0.3) is 0 Å². The lowest BCUT2D eigenvalue weighted by atomic mass is 9.83. The highest BCUT2D eigenvalue weighted by atomic mass is 35.5. The minimum absolute atomic E-state index is 0.111. The Morgan fingerprint density at radius 3 is 2.00 bits per heavy atom. The number of hydrogen-bond acceptors (Lipinski definition) is 2. The van der Waals surface area contributed by atoms with Crippen LogP contribution < -0.4 is 0 Å². The van der Waals surface area contributed by atoms with Crippen molar-refractivity contribution < 1.29 is 9.59 Å². The normalized spacial score (nSPS) is 13.2. The van der Waals surface area contributed by atoms with Gasteiger partial charge in [0.15, 0.2) is 11.6 Å². The van der Waals surface area contributed by atoms with Crippen molar-refractivity contribution in [2.75, 3.05) is 0 Å². The van der Waals surface area contributed by atoms with Gasteiger partial charge in [0.05, 0.1) is 0 Å². The Labute approximate surface area is 109 Å². The number of halogens is 1. The van der Waals surface area contributed by atoms with Crippen LogP contribution in [0.2, 0.25) is 5.02 Å². The van der Waals surface area contributed by atoms with Gasteiger partial charge in [-0.2, -0.15) is 0 Å². The third kappa shape index (κ3) is 1.50. The van der Waals surface area contributed by atoms with E-state index in [-0.39, 0.29) is 11.6 Å². The lowest BCUT2D eigenvalue weighted by Crippen LogP contribution is -2.20. The molecule has 2 aromatic carbocycles. The van der Waals surface area contributed by atoms with E-state index in [0.717, 1.165) is 5.56 Å². The van der Waals surface area contributed by atoms with E-state index in [1.807, 2.05) is 13.0 Å². The maximum absolute atomic E-state index is 12.3. The molecular weight excluding hydrogens is 248 g/mol. The molecule has 0 saturated heterocycles. The summed E-state index contributed by atoms with van der Waals surface area (Å²) < 4.78 is 0. The third-order valence-corrected chi connectivity index (χ3v) is 3.37. The van der Waals surface area contributed by atoms with Gasteiger partial charge in [0.2, 0.25) is 0 Å². The fourth-order valence-electron chi connectivity index (χ4n) is 2.24. The fourth-order valence-corrected chi connectivity index (χ4v) is 2.41. The average molecular weight is 257 g/mol. The highest BCUT2D eigenvalue weighted by molar-refractivity contribution is 6.33. The molecule has 2 nitrogen and oxygen atoms in total. The first-order valence-electron chi connectivity index (χ1n) is 5.57. The van der Waals surface area contributed by atoms with Gasteiger partial charge in [0.1, 0.15) is 0 Å². The van der Waals surface area contributed by atoms with Crippen LogP contribution in [0.3, 0.4) is 0 Å². The van der Waals surface area contributed by atoms with Gasteiger partial charge in [-0.05, 0) is 31.2 Å². The molecule has 0 unspecified atom stereocenters. The maximum atomic E-state index is 12.3. The first kappa shape index (κ1) is 11.2. The number of rotatable bonds is 0. The van der Waals surface area contributed by atoms with Crippen LogP contribution >= 0.6 is 11.6 Å². The summed E-state index contributed by atoms with van der Waals surface area (Å²) in [5, 5.41) is 0.463. The molecule has 18 heavy (non-hydrogen) atoms. The van der Waals surface area contributed by atoms with Crippen LogP contribution in [0.5, 0.6) is 0 Å². The largest absolute Gasteiger partial charge is 0.289 e. The molecule has 0 amide bonds. The highest BCUT2D eigenvalue weighted by Crippen LogP contribution is 2.29. The number of hydrogen-bond donors (Lipinski definition) is 0. The molecule has 0 bridgehead atoms. The van der Waals surface area contributed by atoms with Gasteiger partial charge in [-0.3, -0.25) is 9.59 Å². The molecule has 3 rings (SSSR count). The molecule has 0 spiro atoms. The van der Waals surface area contributed by atoms with Crippen molar-refractivity contribution in [2.45, 2.75) is 6.92 Å². The standard InChI is InChI=1S/C15H9ClO2/c1-8-2-4-10-12(6-8)14(17)11-5-3-9(16)7-13(11)15(10)18/h2-7H,1H3. The second-order valence-corrected chi connectivity index (χ2v) is 4.83. The number of fused-ring (bicyclic) bond motifs is 2. The molecule has 0 saturated carbocycles. The zero-order chi connectivity index (χ0) is 12.9. The second kappa shape index (κ2) is 3.79. The van der Waals surface area contributed by atoms with E-state index in [4.69, 9.17) is 11.6 Å². The minimum atomic E-state index is -0.137. The van der Waals surface area contributed by atoms with Gasteiger partial charge >= 0.3 is 0 Å². The van der Waals surface area contributed by atoms with Crippen LogP contribution in [0, 0.1) is 6.92 Å². The van der Waals surface area contributed by atoms with Crippen molar-refractivity contribution in [2.24, 2.45) is 0 Å². The summed E-state index contributed by atoms with van der Waals surface area (Å²) in [6, 6.07) is 10.1. The topological polar surface area (TPSA) is 34.1 Å². The highest BCUT2D eigenvalue weighted by Gasteiger charge is 2.29. The lowest BCUT2D eigenvalue weighted by Gasteiger charge is -2.17. The quantitative estimate of drug-likeness (QED) is 0.618. The van der Waals surface area contributed by atoms with Crippen LogP contribution in [-0.2, 0) is 0 Å². The summed E-state index contributed by atoms with van der Waals surface area (Å²) in [4.78, 5) is 24.6. The summed E-state index contributed by atoms with van der Waals surface area (Å²) in [6.07, 6.45) is 0. The van der Waals surface area contributed by atoms with Gasteiger partial charge in [-0.25, -0.2) is 0 Å². The van der Waals surface area contributed by atoms with Gasteiger partial charge in [-0.15, -0.1) is 0 Å². The fraction of sp³-hybridized carbons (Fsp3) is 0.0667. The summed E-state index contributed by atoms with van der Waals surface area (Å²) in [6.45, 7) is 1.90. The van der Waals surface area contributed by atoms with E-state index in [2.05, 4.69) is 0 Å². The molecule has 2 aromatic rings. The van der Waals surface area contributed by atoms with Crippen molar-refractivity contribution in [1.82, 2.24) is 0 Å². The summed E-state index contributed by atoms with van der Waals surface area (Å²) >= 11 is 5.88. The van der Waals surface area contributed by atoms with Gasteiger partial charge in [0.25, 0.3) is 0 Å². The van der Waals surface area contributed by atoms with E-state index in [1.165, 1.54) is 0 Å². The maximum Gasteiger partial charge on any atom is 0.194 e. The van der Waals surface area contributed by atoms with E-state index < -0.39 is 0 Å². The molecular formula is C15H9ClO2. The summed E-state index contributed by atoms with van der Waals surface area (Å²) in [5.74, 6) is -0.248. The first-order valence-corrected chi connectivity index (χ1v) is 5.95. The lowest BCUT2D eigenvalue weighted by molar-refractivity contribution is 0.0979. The SMILES string of the molecule is Cc1ccc2c(c1)C(=O)c1ccc(Cl)cc1C2=O. The molecule has 1 aliphatic carbocycles. The number of benzene rings is 2. The van der Waals surface area contributed by atoms with Gasteiger partial charge in [0, 0.05) is 27.3 Å². The predicted octanol–water partition coefficient (Wildman–Crippen LogP) is 3.42. The van der Waals surface area contributed by atoms with E-state index >= 15 is 0 Å². The monoisotopic (exact) mass is 256 g/mol. The summed E-state index contributed by atoms with van der Waals surface area (Å²) in [5.41, 5.74) is 2.73. The Balaban J connectivity index is 2.31. The van der Waals surface area contributed by atoms with E-state index in [1.54, 1.807) is 30.3 Å². The first-order chi connectivity index (χ1) is 8.58. The van der Waals surface area contributed by atoms with Crippen molar-refractivity contribution in [1.29, 1.82) is 0 Å². The molecule has 3 heteroatoms. The van der Waals surface area contributed by atoms with E-state index in [0.29, 0.717) is 27.3 Å². The zero-order valence-electron chi connectivity index (χ0n) is 9.66. The molecule has 0 aliphatic heterocycles. The second-order valence-electron chi connectivity index (χ2n) is 4.40. The molecule has 0 heterocycles. The average Bonchev–Trinajstić information content (AvgIpc) is 2.36. The number of ketones is 2. The third-order valence-electron chi connectivity index (χ3n) is 3.14. The Morgan fingerprint density at radius 1 is 0.778 bits per heavy atom. The van der Waals surface area contributed by atoms with Gasteiger partial charge in [-0.1, -0.05) is 29.3 Å². The Kier molecular flexibility index (Phi) is 2.35. The molecule has 0 atom stereocenters.